The standard InChI is InChI=1S/C26H23NO3/c1-18-14-24(19(2)27(18)16-20-8-4-3-5-9-20)25(28)17-30-26(29)23-13-12-21-10-6-7-11-22(21)15-23/h3-15H,16-17H2,1-2H3. The molecule has 150 valence electrons. The Kier molecular flexibility index (Phi) is 5.48. The van der Waals surface area contributed by atoms with E-state index in [1.165, 1.54) is 5.56 Å². The second-order valence-electron chi connectivity index (χ2n) is 7.42. The molecule has 0 aliphatic carbocycles. The van der Waals surface area contributed by atoms with Crippen molar-refractivity contribution in [1.29, 1.82) is 0 Å². The molecule has 0 spiro atoms. The van der Waals surface area contributed by atoms with Gasteiger partial charge < -0.3 is 9.30 Å². The zero-order valence-corrected chi connectivity index (χ0v) is 17.1. The minimum absolute atomic E-state index is 0.198. The van der Waals surface area contributed by atoms with E-state index in [1.54, 1.807) is 12.1 Å². The normalized spacial score (nSPS) is 10.9. The highest BCUT2D eigenvalue weighted by Crippen LogP contribution is 2.19. The number of Topliss-reactive ketones (excluding diaryl/α,β-unsaturated/α-hetero) is 1. The van der Waals surface area contributed by atoms with Crippen molar-refractivity contribution >= 4 is 22.5 Å². The zero-order valence-electron chi connectivity index (χ0n) is 17.1. The molecule has 0 aliphatic rings. The average molecular weight is 397 g/mol. The smallest absolute Gasteiger partial charge is 0.338 e. The van der Waals surface area contributed by atoms with Gasteiger partial charge in [0.15, 0.2) is 6.61 Å². The minimum atomic E-state index is -0.493. The lowest BCUT2D eigenvalue weighted by molar-refractivity contribution is 0.0474. The van der Waals surface area contributed by atoms with Gasteiger partial charge in [-0.05, 0) is 48.4 Å². The summed E-state index contributed by atoms with van der Waals surface area (Å²) in [6.07, 6.45) is 0. The maximum Gasteiger partial charge on any atom is 0.338 e. The maximum absolute atomic E-state index is 12.7. The molecule has 0 N–H and O–H groups in total. The molecule has 0 aliphatic heterocycles. The molecule has 4 heteroatoms. The molecule has 1 heterocycles. The third-order valence-corrected chi connectivity index (χ3v) is 5.38. The fraction of sp³-hybridized carbons (Fsp3) is 0.154. The fourth-order valence-corrected chi connectivity index (χ4v) is 3.70. The van der Waals surface area contributed by atoms with Gasteiger partial charge in [0.1, 0.15) is 0 Å². The molecule has 4 rings (SSSR count). The van der Waals surface area contributed by atoms with Crippen molar-refractivity contribution < 1.29 is 14.3 Å². The topological polar surface area (TPSA) is 48.3 Å². The third kappa shape index (κ3) is 4.03. The van der Waals surface area contributed by atoms with E-state index >= 15 is 0 Å². The lowest BCUT2D eigenvalue weighted by atomic mass is 10.1. The maximum atomic E-state index is 12.7. The van der Waals surface area contributed by atoms with Gasteiger partial charge in [0.05, 0.1) is 5.56 Å². The van der Waals surface area contributed by atoms with Crippen molar-refractivity contribution in [1.82, 2.24) is 4.57 Å². The molecule has 0 amide bonds. The minimum Gasteiger partial charge on any atom is -0.454 e. The summed E-state index contributed by atoms with van der Waals surface area (Å²) in [6.45, 7) is 4.33. The molecule has 4 nitrogen and oxygen atoms in total. The van der Waals surface area contributed by atoms with Crippen LogP contribution in [0.15, 0.2) is 78.9 Å². The van der Waals surface area contributed by atoms with Crippen molar-refractivity contribution in [2.24, 2.45) is 0 Å². The molecule has 0 bridgehead atoms. The Labute approximate surface area is 175 Å². The summed E-state index contributed by atoms with van der Waals surface area (Å²) in [6, 6.07) is 25.2. The van der Waals surface area contributed by atoms with Gasteiger partial charge in [-0.1, -0.05) is 60.7 Å². The number of aromatic nitrogens is 1. The van der Waals surface area contributed by atoms with Crippen molar-refractivity contribution in [2.45, 2.75) is 20.4 Å². The van der Waals surface area contributed by atoms with E-state index in [1.807, 2.05) is 68.4 Å². The monoisotopic (exact) mass is 397 g/mol. The molecule has 1 aromatic heterocycles. The van der Waals surface area contributed by atoms with Crippen LogP contribution >= 0.6 is 0 Å². The van der Waals surface area contributed by atoms with Crippen molar-refractivity contribution in [3.63, 3.8) is 0 Å². The number of hydrogen-bond acceptors (Lipinski definition) is 3. The number of benzene rings is 3. The third-order valence-electron chi connectivity index (χ3n) is 5.38. The summed E-state index contributed by atoms with van der Waals surface area (Å²) < 4.78 is 7.42. The van der Waals surface area contributed by atoms with Crippen LogP contribution in [0.5, 0.6) is 0 Å². The van der Waals surface area contributed by atoms with E-state index in [4.69, 9.17) is 4.74 Å². The SMILES string of the molecule is Cc1cc(C(=O)COC(=O)c2ccc3ccccc3c2)c(C)n1Cc1ccccc1. The predicted molar refractivity (Wildman–Crippen MR) is 118 cm³/mol. The van der Waals surface area contributed by atoms with Crippen LogP contribution in [0, 0.1) is 13.8 Å². The first-order valence-electron chi connectivity index (χ1n) is 9.93. The Morgan fingerprint density at radius 1 is 0.833 bits per heavy atom. The van der Waals surface area contributed by atoms with Crippen LogP contribution in [0.25, 0.3) is 10.8 Å². The number of fused-ring (bicyclic) bond motifs is 1. The summed E-state index contributed by atoms with van der Waals surface area (Å²) >= 11 is 0. The number of ether oxygens (including phenoxy) is 1. The second kappa shape index (κ2) is 8.37. The molecule has 0 radical (unpaired) electrons. The lowest BCUT2D eigenvalue weighted by Crippen LogP contribution is -2.15. The first-order valence-corrected chi connectivity index (χ1v) is 9.93. The van der Waals surface area contributed by atoms with Gasteiger partial charge in [-0.25, -0.2) is 4.79 Å². The number of aryl methyl sites for hydroxylation is 1. The molecular formula is C26H23NO3. The number of carbonyl (C=O) groups excluding carboxylic acids is 2. The molecule has 4 aromatic rings. The van der Waals surface area contributed by atoms with Crippen LogP contribution in [0.2, 0.25) is 0 Å². The predicted octanol–water partition coefficient (Wildman–Crippen LogP) is 5.35. The van der Waals surface area contributed by atoms with E-state index < -0.39 is 5.97 Å². The Morgan fingerprint density at radius 2 is 1.53 bits per heavy atom. The van der Waals surface area contributed by atoms with Crippen LogP contribution in [-0.4, -0.2) is 22.9 Å². The van der Waals surface area contributed by atoms with Gasteiger partial charge in [-0.15, -0.1) is 0 Å². The molecule has 3 aromatic carbocycles. The van der Waals surface area contributed by atoms with Gasteiger partial charge >= 0.3 is 5.97 Å². The molecule has 0 atom stereocenters. The van der Waals surface area contributed by atoms with E-state index in [-0.39, 0.29) is 12.4 Å². The van der Waals surface area contributed by atoms with Crippen LogP contribution in [0.1, 0.15) is 37.7 Å². The summed E-state index contributed by atoms with van der Waals surface area (Å²) in [5, 5.41) is 2.01. The van der Waals surface area contributed by atoms with Crippen LogP contribution in [0.4, 0.5) is 0 Å². The second-order valence-corrected chi connectivity index (χ2v) is 7.42. The van der Waals surface area contributed by atoms with Gasteiger partial charge in [0.25, 0.3) is 0 Å². The summed E-state index contributed by atoms with van der Waals surface area (Å²) in [7, 11) is 0. The molecule has 0 saturated heterocycles. The van der Waals surface area contributed by atoms with Crippen molar-refractivity contribution in [3.05, 3.63) is 107 Å². The Bertz CT molecular complexity index is 1220. The Hall–Kier alpha value is -3.66. The fourth-order valence-electron chi connectivity index (χ4n) is 3.70. The number of rotatable bonds is 6. The molecule has 30 heavy (non-hydrogen) atoms. The highest BCUT2D eigenvalue weighted by Gasteiger charge is 2.18. The number of esters is 1. The van der Waals surface area contributed by atoms with Crippen molar-refractivity contribution in [2.75, 3.05) is 6.61 Å². The lowest BCUT2D eigenvalue weighted by Gasteiger charge is -2.10. The highest BCUT2D eigenvalue weighted by molar-refractivity contribution is 6.01. The van der Waals surface area contributed by atoms with Crippen LogP contribution in [0.3, 0.4) is 0 Å². The van der Waals surface area contributed by atoms with E-state index in [0.29, 0.717) is 17.7 Å². The number of nitrogens with zero attached hydrogens (tertiary/aromatic N) is 1. The first kappa shape index (κ1) is 19.6. The van der Waals surface area contributed by atoms with Crippen LogP contribution < -0.4 is 0 Å². The van der Waals surface area contributed by atoms with E-state index in [2.05, 4.69) is 16.7 Å². The van der Waals surface area contributed by atoms with E-state index in [0.717, 1.165) is 22.2 Å². The van der Waals surface area contributed by atoms with Gasteiger partial charge in [0.2, 0.25) is 5.78 Å². The van der Waals surface area contributed by atoms with Gasteiger partial charge in [-0.3, -0.25) is 4.79 Å². The van der Waals surface area contributed by atoms with Crippen molar-refractivity contribution in [3.8, 4) is 0 Å². The number of ketones is 1. The summed E-state index contributed by atoms with van der Waals surface area (Å²) in [4.78, 5) is 25.2. The quantitative estimate of drug-likeness (QED) is 0.326. The number of hydrogen-bond donors (Lipinski definition) is 0. The Balaban J connectivity index is 1.46. The number of carbonyl (C=O) groups is 2. The molecule has 0 fully saturated rings. The summed E-state index contributed by atoms with van der Waals surface area (Å²) in [5.41, 5.74) is 4.08. The highest BCUT2D eigenvalue weighted by atomic mass is 16.5. The molecular weight excluding hydrogens is 374 g/mol. The largest absolute Gasteiger partial charge is 0.454 e. The van der Waals surface area contributed by atoms with Gasteiger partial charge in [-0.2, -0.15) is 0 Å². The van der Waals surface area contributed by atoms with E-state index in [9.17, 15) is 9.59 Å². The first-order chi connectivity index (χ1) is 14.5. The Morgan fingerprint density at radius 3 is 2.30 bits per heavy atom. The zero-order chi connectivity index (χ0) is 21.1. The molecule has 0 unspecified atom stereocenters. The van der Waals surface area contributed by atoms with Gasteiger partial charge in [0, 0.05) is 23.5 Å². The van der Waals surface area contributed by atoms with Crippen LogP contribution in [-0.2, 0) is 11.3 Å². The molecule has 0 saturated carbocycles. The summed E-state index contributed by atoms with van der Waals surface area (Å²) in [5.74, 6) is -0.691. The average Bonchev–Trinajstić information content (AvgIpc) is 3.06.